The van der Waals surface area contributed by atoms with Crippen LogP contribution in [0.1, 0.15) is 44.9 Å². The summed E-state index contributed by atoms with van der Waals surface area (Å²) in [5.74, 6) is 1.24. The number of aliphatic hydroxyl groups excluding tert-OH is 2. The third-order valence-corrected chi connectivity index (χ3v) is 3.34. The second-order valence-electron chi connectivity index (χ2n) is 5.65. The van der Waals surface area contributed by atoms with Crippen LogP contribution in [0.2, 0.25) is 0 Å². The van der Waals surface area contributed by atoms with Crippen molar-refractivity contribution in [2.24, 2.45) is 5.73 Å². The summed E-state index contributed by atoms with van der Waals surface area (Å²) in [7, 11) is 8.01. The molecule has 11 nitrogen and oxygen atoms in total. The average Bonchev–Trinajstić information content (AvgIpc) is 3.29. The molecule has 6 N–H and O–H groups in total. The second kappa shape index (κ2) is 19.2. The van der Waals surface area contributed by atoms with Gasteiger partial charge in [0.1, 0.15) is 17.9 Å². The highest BCUT2D eigenvalue weighted by molar-refractivity contribution is 6.14. The normalized spacial score (nSPS) is 17.7. The fraction of sp³-hybridized carbons (Fsp3) is 0.632. The summed E-state index contributed by atoms with van der Waals surface area (Å²) in [6.07, 6.45) is 6.18. The maximum absolute atomic E-state index is 11.8. The molecule has 1 aromatic heterocycles. The molecule has 1 aliphatic heterocycles. The van der Waals surface area contributed by atoms with Gasteiger partial charge in [-0.05, 0) is 12.8 Å². The number of aromatic nitrogens is 2. The van der Waals surface area contributed by atoms with E-state index < -0.39 is 41.8 Å². The molecular weight excluding hydrogens is 428 g/mol. The largest absolute Gasteiger partial charge is 0.440 e. The standard InChI is InChI=1S/C13H14BN3O6.C3H8.CH3F.2CH4O/c1-2-7-6-17(12(20)16-11(7)19)9-4-3-8(22-9)13(14,21)23-10(18)5-15;1-3-2;3*1-2/h1,6,8-9,21H,3-5,15H2,(H,16,19,20);3H2,1-2H3;1H3;2*2H,1H3. The van der Waals surface area contributed by atoms with Gasteiger partial charge < -0.3 is 30.5 Å². The van der Waals surface area contributed by atoms with Gasteiger partial charge in [-0.15, -0.1) is 6.42 Å². The average molecular weight is 461 g/mol. The molecule has 2 heterocycles. The van der Waals surface area contributed by atoms with Crippen LogP contribution in [0.25, 0.3) is 0 Å². The predicted octanol–water partition coefficient (Wildman–Crippen LogP) is -1.27. The Morgan fingerprint density at radius 2 is 1.88 bits per heavy atom. The van der Waals surface area contributed by atoms with E-state index in [0.717, 1.165) is 18.8 Å². The zero-order chi connectivity index (χ0) is 25.9. The molecule has 3 atom stereocenters. The number of terminal acetylenes is 1. The number of esters is 1. The Balaban J connectivity index is -0.000000822. The van der Waals surface area contributed by atoms with Gasteiger partial charge in [0.05, 0.1) is 13.7 Å². The summed E-state index contributed by atoms with van der Waals surface area (Å²) in [5.41, 5.74) is 1.24. The molecule has 1 saturated heterocycles. The highest BCUT2D eigenvalue weighted by Gasteiger charge is 2.42. The molecule has 3 unspecified atom stereocenters. The van der Waals surface area contributed by atoms with Crippen LogP contribution in [0.3, 0.4) is 0 Å². The van der Waals surface area contributed by atoms with Crippen molar-refractivity contribution in [3.63, 3.8) is 0 Å². The Bertz CT molecular complexity index is 792. The highest BCUT2D eigenvalue weighted by atomic mass is 19.1. The van der Waals surface area contributed by atoms with Crippen molar-refractivity contribution in [3.8, 4) is 12.3 Å². The van der Waals surface area contributed by atoms with Crippen LogP contribution < -0.4 is 17.0 Å². The smallest absolute Gasteiger partial charge is 0.330 e. The van der Waals surface area contributed by atoms with E-state index in [0.29, 0.717) is 7.18 Å². The van der Waals surface area contributed by atoms with Crippen LogP contribution in [-0.2, 0) is 14.3 Å². The number of alkyl halides is 1. The fourth-order valence-electron chi connectivity index (χ4n) is 2.22. The Labute approximate surface area is 187 Å². The van der Waals surface area contributed by atoms with Crippen LogP contribution in [0, 0.1) is 12.3 Å². The van der Waals surface area contributed by atoms with E-state index in [1.54, 1.807) is 0 Å². The van der Waals surface area contributed by atoms with E-state index in [1.165, 1.54) is 12.6 Å². The number of ether oxygens (including phenoxy) is 2. The number of nitrogens with zero attached hydrogens (tertiary/aromatic N) is 1. The number of rotatable bonds is 4. The topological polar surface area (TPSA) is 177 Å². The third kappa shape index (κ3) is 11.2. The van der Waals surface area contributed by atoms with E-state index in [9.17, 15) is 23.9 Å². The minimum atomic E-state index is -2.38. The zero-order valence-corrected chi connectivity index (χ0v) is 19.0. The third-order valence-electron chi connectivity index (χ3n) is 3.34. The van der Waals surface area contributed by atoms with Gasteiger partial charge in [-0.3, -0.25) is 23.5 Å². The fourth-order valence-corrected chi connectivity index (χ4v) is 2.22. The van der Waals surface area contributed by atoms with Gasteiger partial charge in [-0.2, -0.15) is 0 Å². The van der Waals surface area contributed by atoms with Gasteiger partial charge in [0.15, 0.2) is 13.5 Å². The summed E-state index contributed by atoms with van der Waals surface area (Å²) in [6.45, 7) is 3.79. The van der Waals surface area contributed by atoms with Gasteiger partial charge in [-0.1, -0.05) is 26.2 Å². The molecule has 0 amide bonds. The number of hydrogen-bond donors (Lipinski definition) is 5. The van der Waals surface area contributed by atoms with Crippen molar-refractivity contribution < 1.29 is 34.0 Å². The second-order valence-corrected chi connectivity index (χ2v) is 5.65. The first-order valence-corrected chi connectivity index (χ1v) is 9.38. The number of nitrogens with two attached hydrogens (primary N) is 1. The van der Waals surface area contributed by atoms with Crippen LogP contribution in [0.4, 0.5) is 4.39 Å². The highest BCUT2D eigenvalue weighted by Crippen LogP contribution is 2.32. The Morgan fingerprint density at radius 3 is 2.31 bits per heavy atom. The van der Waals surface area contributed by atoms with Crippen LogP contribution in [0.5, 0.6) is 0 Å². The van der Waals surface area contributed by atoms with Crippen molar-refractivity contribution >= 4 is 13.8 Å². The number of aromatic amines is 1. The molecule has 2 radical (unpaired) electrons. The molecule has 1 fully saturated rings. The van der Waals surface area contributed by atoms with E-state index >= 15 is 0 Å². The molecule has 182 valence electrons. The Morgan fingerprint density at radius 1 is 1.38 bits per heavy atom. The van der Waals surface area contributed by atoms with Crippen molar-refractivity contribution in [1.29, 1.82) is 0 Å². The van der Waals surface area contributed by atoms with Crippen molar-refractivity contribution in [1.82, 2.24) is 9.55 Å². The van der Waals surface area contributed by atoms with Crippen molar-refractivity contribution in [2.75, 3.05) is 27.9 Å². The summed E-state index contributed by atoms with van der Waals surface area (Å²) in [6, 6.07) is 0. The predicted molar refractivity (Wildman–Crippen MR) is 118 cm³/mol. The molecule has 0 aromatic carbocycles. The van der Waals surface area contributed by atoms with Crippen LogP contribution in [-0.4, -0.2) is 78.4 Å². The van der Waals surface area contributed by atoms with Crippen LogP contribution in [0.15, 0.2) is 15.8 Å². The first-order chi connectivity index (χ1) is 15.2. The van der Waals surface area contributed by atoms with Gasteiger partial charge in [0, 0.05) is 20.4 Å². The number of nitrogens with one attached hydrogen (secondary N) is 1. The molecular formula is C19H33BFN3O8. The Hall–Kier alpha value is -2.50. The lowest BCUT2D eigenvalue weighted by atomic mass is 9.87. The van der Waals surface area contributed by atoms with E-state index in [1.807, 2.05) is 0 Å². The molecule has 1 aromatic rings. The minimum Gasteiger partial charge on any atom is -0.440 e. The molecule has 13 heteroatoms. The van der Waals surface area contributed by atoms with Crippen LogP contribution >= 0.6 is 0 Å². The van der Waals surface area contributed by atoms with Crippen molar-refractivity contribution in [3.05, 3.63) is 32.6 Å². The first kappa shape index (κ1) is 34.1. The lowest BCUT2D eigenvalue weighted by Gasteiger charge is -2.30. The molecule has 1 aliphatic rings. The van der Waals surface area contributed by atoms with Crippen molar-refractivity contribution in [2.45, 2.75) is 51.1 Å². The van der Waals surface area contributed by atoms with E-state index in [4.69, 9.17) is 35.0 Å². The lowest BCUT2D eigenvalue weighted by molar-refractivity contribution is -0.214. The lowest BCUT2D eigenvalue weighted by Crippen LogP contribution is -2.48. The zero-order valence-electron chi connectivity index (χ0n) is 19.0. The maximum atomic E-state index is 11.8. The number of hydrogen-bond acceptors (Lipinski definition) is 9. The SMILES string of the molecule is CCC.CF.CO.CO.[B]C(O)(OC(=O)CN)C1CCC(n2cc(C#C)c(=O)[nH]c2=O)O1. The summed E-state index contributed by atoms with van der Waals surface area (Å²) < 4.78 is 20.7. The number of carbonyl (C=O) groups is 1. The molecule has 2 rings (SSSR count). The Kier molecular flexibility index (Phi) is 20.5. The first-order valence-electron chi connectivity index (χ1n) is 9.38. The molecule has 32 heavy (non-hydrogen) atoms. The van der Waals surface area contributed by atoms with Gasteiger partial charge in [-0.25, -0.2) is 4.79 Å². The summed E-state index contributed by atoms with van der Waals surface area (Å²) in [5, 5.41) is 24.0. The molecule has 0 saturated carbocycles. The number of H-pyrrole nitrogens is 1. The number of halogens is 1. The minimum absolute atomic E-state index is 0.0470. The van der Waals surface area contributed by atoms with Gasteiger partial charge in [0.2, 0.25) is 0 Å². The molecule has 0 aliphatic carbocycles. The quantitative estimate of drug-likeness (QED) is 0.158. The monoisotopic (exact) mass is 461 g/mol. The molecule has 0 spiro atoms. The number of carbonyl (C=O) groups excluding carboxylic acids is 1. The summed E-state index contributed by atoms with van der Waals surface area (Å²) >= 11 is 0. The van der Waals surface area contributed by atoms with E-state index in [-0.39, 0.29) is 18.4 Å². The van der Waals surface area contributed by atoms with E-state index in [2.05, 4.69) is 29.5 Å². The molecule has 0 bridgehead atoms. The van der Waals surface area contributed by atoms with Gasteiger partial charge >= 0.3 is 11.7 Å². The number of aliphatic hydroxyl groups is 3. The summed E-state index contributed by atoms with van der Waals surface area (Å²) in [4.78, 5) is 36.5. The van der Waals surface area contributed by atoms with Gasteiger partial charge in [0.25, 0.3) is 5.56 Å². The maximum Gasteiger partial charge on any atom is 0.330 e.